The SMILES string of the molecule is CNC(c1cccc(Br)c1Cl)c1c(F)ccc(Br)c1F. The van der Waals surface area contributed by atoms with Crippen LogP contribution in [0.2, 0.25) is 5.02 Å². The molecule has 0 amide bonds. The first-order chi connectivity index (χ1) is 9.47. The topological polar surface area (TPSA) is 12.0 Å². The van der Waals surface area contributed by atoms with Gasteiger partial charge in [-0.3, -0.25) is 0 Å². The summed E-state index contributed by atoms with van der Waals surface area (Å²) in [6, 6.07) is 7.14. The lowest BCUT2D eigenvalue weighted by Crippen LogP contribution is -2.21. The lowest BCUT2D eigenvalue weighted by atomic mass is 9.97. The molecule has 6 heteroatoms. The van der Waals surface area contributed by atoms with Crippen molar-refractivity contribution in [3.63, 3.8) is 0 Å². The van der Waals surface area contributed by atoms with E-state index in [1.54, 1.807) is 25.2 Å². The maximum absolute atomic E-state index is 14.2. The van der Waals surface area contributed by atoms with Crippen LogP contribution < -0.4 is 5.32 Å². The van der Waals surface area contributed by atoms with E-state index in [0.29, 0.717) is 15.1 Å². The molecule has 1 atom stereocenters. The standard InChI is InChI=1S/C14H10Br2ClF2N/c1-20-14(7-3-2-4-8(15)12(7)17)11-10(18)6-5-9(16)13(11)19/h2-6,14,20H,1H3. The summed E-state index contributed by atoms with van der Waals surface area (Å²) in [5.74, 6) is -1.26. The van der Waals surface area contributed by atoms with Crippen molar-refractivity contribution in [2.45, 2.75) is 6.04 Å². The predicted molar refractivity (Wildman–Crippen MR) is 84.1 cm³/mol. The molecule has 0 heterocycles. The van der Waals surface area contributed by atoms with Gasteiger partial charge in [0.05, 0.1) is 15.5 Å². The van der Waals surface area contributed by atoms with E-state index in [1.807, 2.05) is 0 Å². The fourth-order valence-electron chi connectivity index (χ4n) is 2.01. The number of hydrogen-bond donors (Lipinski definition) is 1. The summed E-state index contributed by atoms with van der Waals surface area (Å²) in [4.78, 5) is 0. The molecule has 1 N–H and O–H groups in total. The molecule has 0 saturated heterocycles. The average Bonchev–Trinajstić information content (AvgIpc) is 2.43. The minimum atomic E-state index is -0.683. The molecule has 1 unspecified atom stereocenters. The van der Waals surface area contributed by atoms with Gasteiger partial charge in [0.15, 0.2) is 0 Å². The maximum Gasteiger partial charge on any atom is 0.145 e. The van der Waals surface area contributed by atoms with E-state index >= 15 is 0 Å². The Morgan fingerprint density at radius 1 is 1.10 bits per heavy atom. The lowest BCUT2D eigenvalue weighted by Gasteiger charge is -2.20. The number of nitrogens with one attached hydrogen (secondary N) is 1. The van der Waals surface area contributed by atoms with Crippen molar-refractivity contribution in [2.24, 2.45) is 0 Å². The zero-order valence-electron chi connectivity index (χ0n) is 10.4. The van der Waals surface area contributed by atoms with E-state index in [2.05, 4.69) is 37.2 Å². The number of benzene rings is 2. The first-order valence-electron chi connectivity index (χ1n) is 5.72. The van der Waals surface area contributed by atoms with Gasteiger partial charge in [-0.05, 0) is 62.7 Å². The van der Waals surface area contributed by atoms with Gasteiger partial charge >= 0.3 is 0 Å². The van der Waals surface area contributed by atoms with Crippen molar-refractivity contribution in [1.82, 2.24) is 5.32 Å². The van der Waals surface area contributed by atoms with Crippen LogP contribution in [0.5, 0.6) is 0 Å². The Hall–Kier alpha value is -0.490. The van der Waals surface area contributed by atoms with Gasteiger partial charge in [-0.1, -0.05) is 23.7 Å². The molecule has 0 bridgehead atoms. The van der Waals surface area contributed by atoms with E-state index in [9.17, 15) is 8.78 Å². The van der Waals surface area contributed by atoms with Crippen LogP contribution in [0.4, 0.5) is 8.78 Å². The van der Waals surface area contributed by atoms with Crippen LogP contribution >= 0.6 is 43.5 Å². The van der Waals surface area contributed by atoms with Crippen LogP contribution in [0.15, 0.2) is 39.3 Å². The van der Waals surface area contributed by atoms with E-state index in [0.717, 1.165) is 0 Å². The molecule has 1 nitrogen and oxygen atoms in total. The fourth-order valence-corrected chi connectivity index (χ4v) is 2.97. The molecule has 106 valence electrons. The third-order valence-corrected chi connectivity index (χ3v) is 4.87. The summed E-state index contributed by atoms with van der Waals surface area (Å²) in [6.07, 6.45) is 0. The molecule has 20 heavy (non-hydrogen) atoms. The Balaban J connectivity index is 2.65. The molecular weight excluding hydrogens is 415 g/mol. The van der Waals surface area contributed by atoms with Gasteiger partial charge in [-0.15, -0.1) is 0 Å². The highest BCUT2D eigenvalue weighted by Gasteiger charge is 2.24. The number of rotatable bonds is 3. The molecule has 0 saturated carbocycles. The second-order valence-electron chi connectivity index (χ2n) is 4.12. The molecule has 0 fully saturated rings. The van der Waals surface area contributed by atoms with Crippen molar-refractivity contribution in [3.8, 4) is 0 Å². The minimum Gasteiger partial charge on any atom is -0.309 e. The fraction of sp³-hybridized carbons (Fsp3) is 0.143. The minimum absolute atomic E-state index is 0.0677. The Kier molecular flexibility index (Phi) is 5.18. The first-order valence-corrected chi connectivity index (χ1v) is 7.68. The Morgan fingerprint density at radius 2 is 1.80 bits per heavy atom. The van der Waals surface area contributed by atoms with Crippen LogP contribution in [0, 0.1) is 11.6 Å². The molecular formula is C14H10Br2ClF2N. The Bertz CT molecular complexity index is 649. The Labute approximate surface area is 137 Å². The van der Waals surface area contributed by atoms with Crippen molar-refractivity contribution < 1.29 is 8.78 Å². The summed E-state index contributed by atoms with van der Waals surface area (Å²) in [6.45, 7) is 0. The van der Waals surface area contributed by atoms with Gasteiger partial charge in [0, 0.05) is 10.0 Å². The van der Waals surface area contributed by atoms with Gasteiger partial charge in [-0.2, -0.15) is 0 Å². The Morgan fingerprint density at radius 3 is 2.45 bits per heavy atom. The molecule has 0 aromatic heterocycles. The molecule has 2 aromatic rings. The first kappa shape index (κ1) is 15.9. The molecule has 0 aliphatic heterocycles. The summed E-state index contributed by atoms with van der Waals surface area (Å²) in [5.41, 5.74) is 0.529. The van der Waals surface area contributed by atoms with E-state index in [4.69, 9.17) is 11.6 Å². The van der Waals surface area contributed by atoms with Crippen LogP contribution in [0.1, 0.15) is 17.2 Å². The van der Waals surface area contributed by atoms with Crippen molar-refractivity contribution in [2.75, 3.05) is 7.05 Å². The van der Waals surface area contributed by atoms with E-state index in [1.165, 1.54) is 12.1 Å². The number of halogens is 5. The average molecular weight is 425 g/mol. The molecule has 0 aliphatic carbocycles. The van der Waals surface area contributed by atoms with Crippen molar-refractivity contribution in [3.05, 3.63) is 67.1 Å². The van der Waals surface area contributed by atoms with Crippen LogP contribution in [-0.4, -0.2) is 7.05 Å². The monoisotopic (exact) mass is 423 g/mol. The van der Waals surface area contributed by atoms with E-state index in [-0.39, 0.29) is 10.0 Å². The molecule has 2 aromatic carbocycles. The quantitative estimate of drug-likeness (QED) is 0.645. The number of hydrogen-bond acceptors (Lipinski definition) is 1. The highest BCUT2D eigenvalue weighted by Crippen LogP contribution is 2.36. The van der Waals surface area contributed by atoms with Gasteiger partial charge in [0.25, 0.3) is 0 Å². The smallest absolute Gasteiger partial charge is 0.145 e. The van der Waals surface area contributed by atoms with Gasteiger partial charge in [0.1, 0.15) is 11.6 Å². The summed E-state index contributed by atoms with van der Waals surface area (Å²) in [7, 11) is 1.63. The lowest BCUT2D eigenvalue weighted by molar-refractivity contribution is 0.518. The van der Waals surface area contributed by atoms with Gasteiger partial charge in [0.2, 0.25) is 0 Å². The van der Waals surface area contributed by atoms with Crippen molar-refractivity contribution in [1.29, 1.82) is 0 Å². The normalized spacial score (nSPS) is 12.5. The predicted octanol–water partition coefficient (Wildman–Crippen LogP) is 5.45. The molecule has 0 aliphatic rings. The van der Waals surface area contributed by atoms with Crippen LogP contribution in [0.3, 0.4) is 0 Å². The van der Waals surface area contributed by atoms with Gasteiger partial charge < -0.3 is 5.32 Å². The van der Waals surface area contributed by atoms with Crippen LogP contribution in [0.25, 0.3) is 0 Å². The third-order valence-electron chi connectivity index (χ3n) is 2.95. The summed E-state index contributed by atoms with van der Waals surface area (Å²) < 4.78 is 29.1. The molecule has 0 radical (unpaired) electrons. The van der Waals surface area contributed by atoms with Crippen molar-refractivity contribution >= 4 is 43.5 Å². The highest BCUT2D eigenvalue weighted by atomic mass is 79.9. The zero-order valence-corrected chi connectivity index (χ0v) is 14.3. The summed E-state index contributed by atoms with van der Waals surface area (Å²) in [5, 5.41) is 3.33. The van der Waals surface area contributed by atoms with Crippen LogP contribution in [-0.2, 0) is 0 Å². The third kappa shape index (κ3) is 2.91. The van der Waals surface area contributed by atoms with E-state index < -0.39 is 17.7 Å². The van der Waals surface area contributed by atoms with Gasteiger partial charge in [-0.25, -0.2) is 8.78 Å². The molecule has 2 rings (SSSR count). The second-order valence-corrected chi connectivity index (χ2v) is 6.21. The second kappa shape index (κ2) is 6.52. The maximum atomic E-state index is 14.2. The largest absolute Gasteiger partial charge is 0.309 e. The summed E-state index contributed by atoms with van der Waals surface area (Å²) >= 11 is 12.6. The highest BCUT2D eigenvalue weighted by molar-refractivity contribution is 9.10. The zero-order chi connectivity index (χ0) is 14.9. The molecule has 0 spiro atoms.